The molecule has 4 aliphatic heterocycles. The molecule has 21 aromatic rings. The molecule has 0 fully saturated rings. The molecule has 0 spiro atoms. The summed E-state index contributed by atoms with van der Waals surface area (Å²) in [5.74, 6) is 12.9. The molecule has 0 amide bonds. The van der Waals surface area contributed by atoms with Gasteiger partial charge in [0, 0.05) is 66.4 Å². The molecule has 678 valence electrons. The van der Waals surface area contributed by atoms with Gasteiger partial charge in [-0.1, -0.05) is 152 Å². The Morgan fingerprint density at radius 1 is 0.219 bits per heavy atom. The number of hydrogen-bond acceptors (Lipinski definition) is 17. The van der Waals surface area contributed by atoms with Gasteiger partial charge in [-0.15, -0.1) is 0 Å². The van der Waals surface area contributed by atoms with Gasteiger partial charge >= 0.3 is 0 Å². The smallest absolute Gasteiger partial charge is 0.231 e. The first-order chi connectivity index (χ1) is 67.2. The fourth-order valence-electron chi connectivity index (χ4n) is 20.7. The van der Waals surface area contributed by atoms with E-state index in [-0.39, 0.29) is 27.2 Å². The van der Waals surface area contributed by atoms with Gasteiger partial charge in [0.2, 0.25) is 49.2 Å². The van der Waals surface area contributed by atoms with Crippen LogP contribution in [-0.4, -0.2) is 91.2 Å². The Morgan fingerprint density at radius 3 is 0.803 bits per heavy atom. The van der Waals surface area contributed by atoms with Gasteiger partial charge < -0.3 is 80.5 Å². The molecule has 0 saturated carbocycles. The van der Waals surface area contributed by atoms with Crippen LogP contribution in [0.1, 0.15) is 11.1 Å². The Labute approximate surface area is 788 Å². The number of ether oxygens (including phenoxy) is 17. The SMILES string of the molecule is COc1cc2c(ccc3c4ccc5c(c4c[n+](C)c23)OCO5)c(-c2ccc(-c3ccccc3)cc2)c1OC.COc1cc2c(ccc3c4ccc5c(c4c[n+](C)c23)OCO5)c(-c2ccccc2)c1OC.COc1cc2c(ccc3c4ccc5c(c4c[n+](C)c23)OCO5)c(Cc2ccccc2)c1OC.COc1ccc(-c2c(OC)c(OC)cc3c2ccc2c4ccc5c(c4c[n+](C)c32)OCO5)cc1. The zero-order valence-electron chi connectivity index (χ0n) is 77.9. The lowest BCUT2D eigenvalue weighted by molar-refractivity contribution is -0.642. The van der Waals surface area contributed by atoms with Crippen LogP contribution < -0.4 is 98.8 Å². The van der Waals surface area contributed by atoms with E-state index >= 15 is 0 Å². The van der Waals surface area contributed by atoms with Crippen molar-refractivity contribution in [1.82, 2.24) is 0 Å². The van der Waals surface area contributed by atoms with E-state index in [1.54, 1.807) is 64.0 Å². The molecule has 137 heavy (non-hydrogen) atoms. The van der Waals surface area contributed by atoms with Gasteiger partial charge in [0.15, 0.2) is 117 Å². The number of benzene rings is 17. The van der Waals surface area contributed by atoms with Crippen molar-refractivity contribution in [3.05, 3.63) is 297 Å². The van der Waals surface area contributed by atoms with E-state index in [1.165, 1.54) is 16.7 Å². The summed E-state index contributed by atoms with van der Waals surface area (Å²) in [5.41, 5.74) is 15.3. The topological polar surface area (TPSA) is 172 Å². The third-order valence-electron chi connectivity index (χ3n) is 26.8. The van der Waals surface area contributed by atoms with Crippen LogP contribution in [0.25, 0.3) is 174 Å². The maximum absolute atomic E-state index is 5.95. The highest BCUT2D eigenvalue weighted by atomic mass is 16.7. The highest BCUT2D eigenvalue weighted by Crippen LogP contribution is 2.54. The molecule has 4 aromatic heterocycles. The average Bonchev–Trinajstić information content (AvgIpc) is 1.51. The normalized spacial score (nSPS) is 12.5. The van der Waals surface area contributed by atoms with E-state index in [0.29, 0.717) is 23.0 Å². The summed E-state index contributed by atoms with van der Waals surface area (Å²) >= 11 is 0. The zero-order chi connectivity index (χ0) is 93.5. The minimum absolute atomic E-state index is 0.246. The van der Waals surface area contributed by atoms with Gasteiger partial charge in [0.05, 0.1) is 129 Å². The molecule has 4 aliphatic rings. The molecular formula is C116H96N4O17+4. The Balaban J connectivity index is 0.000000106. The molecule has 0 radical (unpaired) electrons. The number of nitrogens with zero attached hydrogens (tertiary/aromatic N) is 4. The molecule has 25 rings (SSSR count). The van der Waals surface area contributed by atoms with Crippen molar-refractivity contribution in [2.24, 2.45) is 28.2 Å². The first-order valence-corrected chi connectivity index (χ1v) is 45.0. The van der Waals surface area contributed by atoms with Crippen LogP contribution in [0, 0.1) is 0 Å². The molecule has 0 aliphatic carbocycles. The number of pyridine rings is 4. The maximum atomic E-state index is 5.95. The lowest BCUT2D eigenvalue weighted by atomic mass is 9.92. The number of methoxy groups -OCH3 is 9. The number of aromatic nitrogens is 4. The fourth-order valence-corrected chi connectivity index (χ4v) is 20.7. The van der Waals surface area contributed by atoms with Crippen LogP contribution in [0.15, 0.2) is 286 Å². The third kappa shape index (κ3) is 14.4. The quantitative estimate of drug-likeness (QED) is 0.0700. The van der Waals surface area contributed by atoms with Crippen LogP contribution in [0.5, 0.6) is 97.7 Å². The number of aryl methyl sites for hydroxylation is 4. The molecule has 21 nitrogen and oxygen atoms in total. The lowest BCUT2D eigenvalue weighted by Crippen LogP contribution is -2.28. The number of hydrogen-bond donors (Lipinski definition) is 0. The van der Waals surface area contributed by atoms with Crippen LogP contribution in [0.2, 0.25) is 0 Å². The molecular weight excluding hydrogens is 1720 g/mol. The Morgan fingerprint density at radius 2 is 0.482 bits per heavy atom. The van der Waals surface area contributed by atoms with Crippen LogP contribution in [-0.2, 0) is 34.6 Å². The van der Waals surface area contributed by atoms with Crippen molar-refractivity contribution >= 4 is 130 Å². The van der Waals surface area contributed by atoms with Crippen molar-refractivity contribution in [2.45, 2.75) is 6.42 Å². The summed E-state index contributed by atoms with van der Waals surface area (Å²) in [6.07, 6.45) is 9.21. The Hall–Kier alpha value is -16.9. The van der Waals surface area contributed by atoms with Crippen molar-refractivity contribution in [3.8, 4) is 142 Å². The van der Waals surface area contributed by atoms with E-state index in [0.717, 1.165) is 250 Å². The fraction of sp³-hybridized carbons (Fsp3) is 0.155. The summed E-state index contributed by atoms with van der Waals surface area (Å²) < 4.78 is 106. The van der Waals surface area contributed by atoms with Crippen molar-refractivity contribution < 1.29 is 98.8 Å². The molecule has 0 atom stereocenters. The highest BCUT2D eigenvalue weighted by Gasteiger charge is 2.33. The van der Waals surface area contributed by atoms with Crippen LogP contribution in [0.4, 0.5) is 0 Å². The predicted molar refractivity (Wildman–Crippen MR) is 535 cm³/mol. The molecule has 0 bridgehead atoms. The second kappa shape index (κ2) is 35.2. The summed E-state index contributed by atoms with van der Waals surface area (Å²) in [5, 5.41) is 22.0. The zero-order valence-corrected chi connectivity index (χ0v) is 77.9. The lowest BCUT2D eigenvalue weighted by Gasteiger charge is -2.17. The van der Waals surface area contributed by atoms with E-state index in [4.69, 9.17) is 80.5 Å². The minimum Gasteiger partial charge on any atom is -0.497 e. The highest BCUT2D eigenvalue weighted by molar-refractivity contribution is 6.22. The maximum Gasteiger partial charge on any atom is 0.231 e. The minimum atomic E-state index is 0.246. The van der Waals surface area contributed by atoms with E-state index in [9.17, 15) is 0 Å². The summed E-state index contributed by atoms with van der Waals surface area (Å²) in [7, 11) is 23.4. The first-order valence-electron chi connectivity index (χ1n) is 45.0. The van der Waals surface area contributed by atoms with Crippen LogP contribution in [0.3, 0.4) is 0 Å². The van der Waals surface area contributed by atoms with E-state index < -0.39 is 0 Å². The van der Waals surface area contributed by atoms with Gasteiger partial charge in [0.25, 0.3) is 0 Å². The monoisotopic (exact) mass is 1820 g/mol. The molecule has 0 saturated heterocycles. The summed E-state index contributed by atoms with van der Waals surface area (Å²) in [4.78, 5) is 0. The largest absolute Gasteiger partial charge is 0.497 e. The van der Waals surface area contributed by atoms with Gasteiger partial charge in [-0.2, -0.15) is 18.3 Å². The van der Waals surface area contributed by atoms with Crippen molar-refractivity contribution in [3.63, 3.8) is 0 Å². The Kier molecular flexibility index (Phi) is 22.0. The molecule has 21 heteroatoms. The Bertz CT molecular complexity index is 8500. The third-order valence-corrected chi connectivity index (χ3v) is 26.8. The molecule has 0 N–H and O–H groups in total. The van der Waals surface area contributed by atoms with Crippen LogP contribution >= 0.6 is 0 Å². The van der Waals surface area contributed by atoms with Gasteiger partial charge in [-0.25, -0.2) is 0 Å². The number of rotatable bonds is 15. The van der Waals surface area contributed by atoms with Gasteiger partial charge in [0.1, 0.15) is 33.9 Å². The molecule has 0 unspecified atom stereocenters. The average molecular weight is 1820 g/mol. The first kappa shape index (κ1) is 85.5. The van der Waals surface area contributed by atoms with E-state index in [1.807, 2.05) is 78.9 Å². The van der Waals surface area contributed by atoms with E-state index in [2.05, 4.69) is 253 Å². The van der Waals surface area contributed by atoms with Gasteiger partial charge in [-0.05, 0) is 148 Å². The van der Waals surface area contributed by atoms with Crippen molar-refractivity contribution in [1.29, 1.82) is 0 Å². The molecule has 17 aromatic carbocycles. The van der Waals surface area contributed by atoms with Gasteiger partial charge in [-0.3, -0.25) is 0 Å². The number of fused-ring (bicyclic) bond motifs is 28. The summed E-state index contributed by atoms with van der Waals surface area (Å²) in [6, 6.07) is 89.9. The standard InChI is InChI=1S/C33H26NO4.C28H24NO5.C28H24NO4.C27H22NO4/c1-34-18-27-23(15-16-28-32(27)38-19-37-28)25-14-13-24-26(31(25)34)17-29(35-2)33(36-3)30(24)22-11-9-21(10-12-22)20-7-5-4-6-8-20;1-29-14-22-18(11-12-23-27(22)34-15-33-23)20-10-9-19-21(26(20)29)13-24(31-3)28(32-4)25(19)16-5-7-17(30-2)8-6-16;1-29-15-23-18(11-12-24-28(23)33-16-32-24)20-10-9-19-21(26(20)29)14-25(30-2)27(31-3)22(19)13-17-7-5-4-6-8-17;1-28-14-21-17(11-12-22-26(21)32-15-31-22)19-10-9-18-20(25(19)28)13-23(29-2)27(30-3)24(18)16-7-5-4-6-8-16/h4-18H,19H2,1-3H3;5-14H,15H2,1-4H3;4-12,14-15H,13,16H2,1-3H3;4-14H,15H2,1-3H3/q4*+1. The predicted octanol–water partition coefficient (Wildman–Crippen LogP) is 23.1. The summed E-state index contributed by atoms with van der Waals surface area (Å²) in [6.45, 7) is 1.01. The second-order valence-corrected chi connectivity index (χ2v) is 34.0. The molecule has 8 heterocycles. The second-order valence-electron chi connectivity index (χ2n) is 34.0. The van der Waals surface area contributed by atoms with Crippen molar-refractivity contribution in [2.75, 3.05) is 91.2 Å².